The summed E-state index contributed by atoms with van der Waals surface area (Å²) in [6.07, 6.45) is 4.01. The minimum Gasteiger partial charge on any atom is -1.00 e. The van der Waals surface area contributed by atoms with Gasteiger partial charge in [-0.25, -0.2) is 9.48 Å². The maximum absolute atomic E-state index is 9.84. The number of amidine groups is 1. The molecule has 1 rings (SSSR count). The van der Waals surface area contributed by atoms with Crippen molar-refractivity contribution in [3.63, 3.8) is 0 Å². The SMILES string of the molecule is C=CCC1=NCC[N+]1(CC=C)C(C)O.[Cl-]. The summed E-state index contributed by atoms with van der Waals surface area (Å²) >= 11 is 0. The first-order valence-electron chi connectivity index (χ1n) is 4.98. The third kappa shape index (κ3) is 2.68. The van der Waals surface area contributed by atoms with Crippen LogP contribution < -0.4 is 12.4 Å². The molecule has 0 radical (unpaired) electrons. The van der Waals surface area contributed by atoms with Crippen LogP contribution in [0.2, 0.25) is 0 Å². The Hall–Kier alpha value is -0.640. The van der Waals surface area contributed by atoms with E-state index in [0.29, 0.717) is 4.48 Å². The van der Waals surface area contributed by atoms with Crippen LogP contribution in [0.5, 0.6) is 0 Å². The van der Waals surface area contributed by atoms with Crippen molar-refractivity contribution in [2.24, 2.45) is 4.99 Å². The standard InChI is InChI=1S/C11H19N2O.ClH/c1-4-6-11-12-7-9-13(11,8-5-2)10(3)14;/h4-5,10,14H,1-2,6-9H2,3H3;1H/q+1;/p-1. The third-order valence-corrected chi connectivity index (χ3v) is 2.80. The number of rotatable bonds is 5. The lowest BCUT2D eigenvalue weighted by molar-refractivity contribution is -0.878. The average molecular weight is 231 g/mol. The minimum absolute atomic E-state index is 0. The summed E-state index contributed by atoms with van der Waals surface area (Å²) < 4.78 is 0.537. The molecule has 0 aromatic heterocycles. The number of hydrogen-bond acceptors (Lipinski definition) is 2. The first-order chi connectivity index (χ1) is 6.67. The van der Waals surface area contributed by atoms with Crippen molar-refractivity contribution in [2.45, 2.75) is 19.6 Å². The van der Waals surface area contributed by atoms with Crippen molar-refractivity contribution >= 4 is 5.84 Å². The highest BCUT2D eigenvalue weighted by Crippen LogP contribution is 2.21. The molecule has 4 heteroatoms. The predicted octanol–water partition coefficient (Wildman–Crippen LogP) is -1.68. The Kier molecular flexibility index (Phi) is 5.80. The lowest BCUT2D eigenvalue weighted by Gasteiger charge is -2.36. The fraction of sp³-hybridized carbons (Fsp3) is 0.545. The normalized spacial score (nSPS) is 26.4. The highest BCUT2D eigenvalue weighted by molar-refractivity contribution is 5.78. The quantitative estimate of drug-likeness (QED) is 0.444. The maximum atomic E-state index is 9.84. The van der Waals surface area contributed by atoms with Gasteiger partial charge in [0.2, 0.25) is 5.84 Å². The van der Waals surface area contributed by atoms with Crippen molar-refractivity contribution < 1.29 is 22.0 Å². The van der Waals surface area contributed by atoms with Crippen LogP contribution in [0.3, 0.4) is 0 Å². The molecule has 0 bridgehead atoms. The smallest absolute Gasteiger partial charge is 0.204 e. The van der Waals surface area contributed by atoms with E-state index in [4.69, 9.17) is 0 Å². The number of aliphatic imine (C=N–C) groups is 1. The summed E-state index contributed by atoms with van der Waals surface area (Å²) in [5.41, 5.74) is 0. The highest BCUT2D eigenvalue weighted by Gasteiger charge is 2.40. The van der Waals surface area contributed by atoms with E-state index in [1.165, 1.54) is 0 Å². The molecule has 86 valence electrons. The Bertz CT molecular complexity index is 263. The fourth-order valence-corrected chi connectivity index (χ4v) is 1.98. The maximum Gasteiger partial charge on any atom is 0.204 e. The molecule has 3 nitrogen and oxygen atoms in total. The van der Waals surface area contributed by atoms with Gasteiger partial charge in [0.25, 0.3) is 0 Å². The molecule has 0 spiro atoms. The van der Waals surface area contributed by atoms with Gasteiger partial charge in [0.1, 0.15) is 13.1 Å². The second-order valence-electron chi connectivity index (χ2n) is 3.65. The second kappa shape index (κ2) is 6.05. The zero-order chi connectivity index (χ0) is 10.6. The molecular weight excluding hydrogens is 212 g/mol. The number of quaternary nitrogens is 1. The molecule has 15 heavy (non-hydrogen) atoms. The van der Waals surface area contributed by atoms with Crippen LogP contribution >= 0.6 is 0 Å². The van der Waals surface area contributed by atoms with Gasteiger partial charge in [-0.15, -0.1) is 6.58 Å². The summed E-state index contributed by atoms with van der Waals surface area (Å²) in [4.78, 5) is 4.43. The van der Waals surface area contributed by atoms with Gasteiger partial charge >= 0.3 is 0 Å². The van der Waals surface area contributed by atoms with Crippen LogP contribution in [0.25, 0.3) is 0 Å². The summed E-state index contributed by atoms with van der Waals surface area (Å²) in [5.74, 6) is 1.02. The van der Waals surface area contributed by atoms with Crippen LogP contribution in [0, 0.1) is 0 Å². The topological polar surface area (TPSA) is 32.6 Å². The fourth-order valence-electron chi connectivity index (χ4n) is 1.98. The molecule has 0 aromatic rings. The molecule has 0 aromatic carbocycles. The molecule has 0 fully saturated rings. The van der Waals surface area contributed by atoms with E-state index in [-0.39, 0.29) is 12.4 Å². The highest BCUT2D eigenvalue weighted by atomic mass is 35.5. The van der Waals surface area contributed by atoms with E-state index in [1.54, 1.807) is 0 Å². The number of nitrogens with zero attached hydrogens (tertiary/aromatic N) is 2. The van der Waals surface area contributed by atoms with Crippen LogP contribution in [0.4, 0.5) is 0 Å². The van der Waals surface area contributed by atoms with Crippen molar-refractivity contribution in [1.82, 2.24) is 0 Å². The lowest BCUT2D eigenvalue weighted by Crippen LogP contribution is -3.00. The van der Waals surface area contributed by atoms with E-state index in [1.807, 2.05) is 19.1 Å². The van der Waals surface area contributed by atoms with Gasteiger partial charge < -0.3 is 17.5 Å². The zero-order valence-electron chi connectivity index (χ0n) is 9.19. The van der Waals surface area contributed by atoms with E-state index >= 15 is 0 Å². The van der Waals surface area contributed by atoms with Gasteiger partial charge in [0.15, 0.2) is 6.23 Å². The van der Waals surface area contributed by atoms with Crippen molar-refractivity contribution in [3.05, 3.63) is 25.3 Å². The van der Waals surface area contributed by atoms with E-state index < -0.39 is 6.23 Å². The molecule has 0 saturated carbocycles. The average Bonchev–Trinajstić information content (AvgIpc) is 2.51. The van der Waals surface area contributed by atoms with Crippen LogP contribution in [-0.4, -0.2) is 41.3 Å². The molecule has 1 aliphatic rings. The Morgan fingerprint density at radius 2 is 2.20 bits per heavy atom. The second-order valence-corrected chi connectivity index (χ2v) is 3.65. The third-order valence-electron chi connectivity index (χ3n) is 2.80. The van der Waals surface area contributed by atoms with E-state index in [0.717, 1.165) is 31.9 Å². The molecule has 1 aliphatic heterocycles. The summed E-state index contributed by atoms with van der Waals surface area (Å²) in [5, 5.41) is 9.84. The summed E-state index contributed by atoms with van der Waals surface area (Å²) in [7, 11) is 0. The molecule has 1 heterocycles. The van der Waals surface area contributed by atoms with Crippen LogP contribution in [0.1, 0.15) is 13.3 Å². The Morgan fingerprint density at radius 3 is 2.67 bits per heavy atom. The van der Waals surface area contributed by atoms with Gasteiger partial charge in [-0.3, -0.25) is 0 Å². The Labute approximate surface area is 97.8 Å². The zero-order valence-corrected chi connectivity index (χ0v) is 9.95. The molecule has 0 aliphatic carbocycles. The number of hydrogen-bond donors (Lipinski definition) is 1. The van der Waals surface area contributed by atoms with Gasteiger partial charge in [0, 0.05) is 6.92 Å². The van der Waals surface area contributed by atoms with Crippen molar-refractivity contribution in [1.29, 1.82) is 0 Å². The predicted molar refractivity (Wildman–Crippen MR) is 59.0 cm³/mol. The van der Waals surface area contributed by atoms with E-state index in [2.05, 4.69) is 18.2 Å². The Balaban J connectivity index is 0.00000196. The Morgan fingerprint density at radius 1 is 1.53 bits per heavy atom. The van der Waals surface area contributed by atoms with Gasteiger partial charge in [-0.05, 0) is 6.08 Å². The summed E-state index contributed by atoms with van der Waals surface area (Å²) in [6, 6.07) is 0. The largest absolute Gasteiger partial charge is 1.00 e. The molecule has 1 N–H and O–H groups in total. The van der Waals surface area contributed by atoms with Crippen LogP contribution in [-0.2, 0) is 0 Å². The molecular formula is C11H19ClN2O. The van der Waals surface area contributed by atoms with Crippen molar-refractivity contribution in [2.75, 3.05) is 19.6 Å². The molecule has 0 amide bonds. The minimum atomic E-state index is -0.422. The molecule has 0 saturated heterocycles. The first-order valence-corrected chi connectivity index (χ1v) is 4.98. The number of halogens is 1. The van der Waals surface area contributed by atoms with Crippen molar-refractivity contribution in [3.8, 4) is 0 Å². The van der Waals surface area contributed by atoms with Gasteiger partial charge in [-0.1, -0.05) is 12.7 Å². The number of aliphatic hydroxyl groups is 1. The van der Waals surface area contributed by atoms with Gasteiger partial charge in [-0.2, -0.15) is 0 Å². The molecule has 2 unspecified atom stereocenters. The number of aliphatic hydroxyl groups excluding tert-OH is 1. The van der Waals surface area contributed by atoms with Gasteiger partial charge in [0.05, 0.1) is 13.0 Å². The summed E-state index contributed by atoms with van der Waals surface area (Å²) in [6.45, 7) is 11.7. The van der Waals surface area contributed by atoms with Crippen LogP contribution in [0.15, 0.2) is 30.3 Å². The lowest BCUT2D eigenvalue weighted by atomic mass is 10.2. The monoisotopic (exact) mass is 230 g/mol. The first kappa shape index (κ1) is 14.4. The molecule has 2 atom stereocenters. The van der Waals surface area contributed by atoms with E-state index in [9.17, 15) is 5.11 Å².